The van der Waals surface area contributed by atoms with E-state index in [1.807, 2.05) is 0 Å². The Morgan fingerprint density at radius 2 is 2.12 bits per heavy atom. The van der Waals surface area contributed by atoms with Crippen LogP contribution >= 0.6 is 0 Å². The maximum atomic E-state index is 12.6. The zero-order chi connectivity index (χ0) is 12.7. The number of hydrogen-bond donors (Lipinski definition) is 2. The molecular weight excluding hydrogens is 235 g/mol. The lowest BCUT2D eigenvalue weighted by atomic mass is 10.0. The number of nitrogens with one attached hydrogen (secondary N) is 1. The van der Waals surface area contributed by atoms with Crippen molar-refractivity contribution in [3.63, 3.8) is 0 Å². The molecule has 0 aromatic carbocycles. The van der Waals surface area contributed by atoms with Crippen molar-refractivity contribution >= 4 is 0 Å². The van der Waals surface area contributed by atoms with E-state index in [4.69, 9.17) is 5.73 Å². The zero-order valence-electron chi connectivity index (χ0n) is 8.97. The van der Waals surface area contributed by atoms with Crippen molar-refractivity contribution < 1.29 is 13.2 Å². The molecule has 0 atom stereocenters. The Hall–Kier alpha value is -1.37. The Morgan fingerprint density at radius 3 is 2.65 bits per heavy atom. The number of nitrogens with two attached hydrogens (primary N) is 1. The first-order chi connectivity index (χ1) is 7.80. The van der Waals surface area contributed by atoms with Gasteiger partial charge in [-0.1, -0.05) is 0 Å². The molecule has 0 aliphatic heterocycles. The third kappa shape index (κ3) is 2.85. The second-order valence-corrected chi connectivity index (χ2v) is 4.45. The third-order valence-corrected chi connectivity index (χ3v) is 2.96. The normalized spacial score (nSPS) is 18.1. The molecule has 0 unspecified atom stereocenters. The van der Waals surface area contributed by atoms with Crippen LogP contribution in [0.1, 0.15) is 30.5 Å². The van der Waals surface area contributed by atoms with E-state index >= 15 is 0 Å². The van der Waals surface area contributed by atoms with E-state index in [0.717, 1.165) is 19.0 Å². The molecule has 1 aromatic rings. The maximum absolute atomic E-state index is 12.6. The summed E-state index contributed by atoms with van der Waals surface area (Å²) in [6.45, 7) is 0. The molecule has 1 fully saturated rings. The van der Waals surface area contributed by atoms with Crippen LogP contribution in [0, 0.1) is 0 Å². The maximum Gasteiger partial charge on any atom is 0.431 e. The van der Waals surface area contributed by atoms with Gasteiger partial charge in [0.15, 0.2) is 0 Å². The summed E-state index contributed by atoms with van der Waals surface area (Å²) in [4.78, 5) is 15.9. The molecule has 2 rings (SSSR count). The Morgan fingerprint density at radius 1 is 1.47 bits per heavy atom. The highest BCUT2D eigenvalue weighted by Crippen LogP contribution is 2.37. The van der Waals surface area contributed by atoms with Gasteiger partial charge in [-0.3, -0.25) is 0 Å². The molecule has 3 N–H and O–H groups in total. The Bertz CT molecular complexity index is 476. The zero-order valence-corrected chi connectivity index (χ0v) is 8.97. The minimum atomic E-state index is -4.57. The summed E-state index contributed by atoms with van der Waals surface area (Å²) in [6, 6.07) is 0. The number of aryl methyl sites for hydroxylation is 1. The number of H-pyrrole nitrogens is 1. The molecule has 1 aliphatic rings. The van der Waals surface area contributed by atoms with Crippen molar-refractivity contribution in [2.45, 2.75) is 37.4 Å². The topological polar surface area (TPSA) is 71.8 Å². The van der Waals surface area contributed by atoms with Gasteiger partial charge in [-0.25, -0.2) is 9.78 Å². The second-order valence-electron chi connectivity index (χ2n) is 4.45. The summed E-state index contributed by atoms with van der Waals surface area (Å²) < 4.78 is 37.9. The molecule has 0 bridgehead atoms. The van der Waals surface area contributed by atoms with E-state index in [0.29, 0.717) is 6.42 Å². The van der Waals surface area contributed by atoms with Gasteiger partial charge in [-0.15, -0.1) is 0 Å². The molecule has 17 heavy (non-hydrogen) atoms. The number of nitrogens with zero attached hydrogens (tertiary/aromatic N) is 1. The largest absolute Gasteiger partial charge is 0.431 e. The van der Waals surface area contributed by atoms with Crippen LogP contribution in [0.3, 0.4) is 0 Å². The lowest BCUT2D eigenvalue weighted by molar-refractivity contribution is -0.142. The summed E-state index contributed by atoms with van der Waals surface area (Å²) >= 11 is 0. The van der Waals surface area contributed by atoms with Crippen LogP contribution in [0.25, 0.3) is 0 Å². The van der Waals surface area contributed by atoms with Crippen molar-refractivity contribution in [3.05, 3.63) is 27.9 Å². The summed E-state index contributed by atoms with van der Waals surface area (Å²) in [7, 11) is 0. The van der Waals surface area contributed by atoms with Gasteiger partial charge in [0.05, 0.1) is 0 Å². The van der Waals surface area contributed by atoms with Crippen LogP contribution in [-0.2, 0) is 12.6 Å². The number of alkyl halides is 3. The van der Waals surface area contributed by atoms with Gasteiger partial charge in [-0.2, -0.15) is 13.2 Å². The predicted molar refractivity (Wildman–Crippen MR) is 54.3 cm³/mol. The highest BCUT2D eigenvalue weighted by molar-refractivity contribution is 5.20. The smallest absolute Gasteiger partial charge is 0.325 e. The molecule has 1 aliphatic carbocycles. The fourth-order valence-corrected chi connectivity index (χ4v) is 1.66. The summed E-state index contributed by atoms with van der Waals surface area (Å²) in [6.07, 6.45) is -1.26. The number of halogens is 3. The molecule has 4 nitrogen and oxygen atoms in total. The van der Waals surface area contributed by atoms with Crippen molar-refractivity contribution in [2.24, 2.45) is 5.73 Å². The van der Waals surface area contributed by atoms with Gasteiger partial charge in [0.25, 0.3) is 0 Å². The van der Waals surface area contributed by atoms with Crippen molar-refractivity contribution in [1.82, 2.24) is 9.97 Å². The summed E-state index contributed by atoms with van der Waals surface area (Å²) in [5.41, 5.74) is 3.48. The van der Waals surface area contributed by atoms with Crippen LogP contribution in [0.15, 0.2) is 11.0 Å². The summed E-state index contributed by atoms with van der Waals surface area (Å²) in [5, 5.41) is 0. The average molecular weight is 247 g/mol. The highest BCUT2D eigenvalue weighted by Gasteiger charge is 2.39. The first kappa shape index (κ1) is 12.1. The molecule has 0 saturated heterocycles. The molecule has 1 aromatic heterocycles. The Balaban J connectivity index is 2.23. The molecule has 94 valence electrons. The van der Waals surface area contributed by atoms with Crippen molar-refractivity contribution in [3.8, 4) is 0 Å². The number of rotatable bonds is 3. The first-order valence-electron chi connectivity index (χ1n) is 5.24. The van der Waals surface area contributed by atoms with Crippen LogP contribution < -0.4 is 11.4 Å². The van der Waals surface area contributed by atoms with Gasteiger partial charge in [-0.05, 0) is 31.2 Å². The molecular formula is C10H12F3N3O. The molecule has 0 radical (unpaired) electrons. The Kier molecular flexibility index (Phi) is 2.73. The third-order valence-electron chi connectivity index (χ3n) is 2.96. The van der Waals surface area contributed by atoms with E-state index in [-0.39, 0.29) is 17.5 Å². The quantitative estimate of drug-likeness (QED) is 0.843. The second kappa shape index (κ2) is 3.83. The van der Waals surface area contributed by atoms with Crippen LogP contribution in [-0.4, -0.2) is 15.5 Å². The first-order valence-corrected chi connectivity index (χ1v) is 5.24. The molecule has 0 amide bonds. The van der Waals surface area contributed by atoms with Gasteiger partial charge in [0, 0.05) is 11.7 Å². The average Bonchev–Trinajstić information content (AvgIpc) is 2.94. The Labute approximate surface area is 95.1 Å². The van der Waals surface area contributed by atoms with Gasteiger partial charge in [0.2, 0.25) is 0 Å². The monoisotopic (exact) mass is 247 g/mol. The predicted octanol–water partition coefficient (Wildman–Crippen LogP) is 1.21. The standard InChI is InChI=1S/C10H12F3N3O/c11-10(12,13)7-6(5-15-8(17)16-7)1-2-9(14)3-4-9/h5H,1-4,14H2,(H,15,16,17). The lowest BCUT2D eigenvalue weighted by Crippen LogP contribution is -2.25. The minimum Gasteiger partial charge on any atom is -0.325 e. The highest BCUT2D eigenvalue weighted by atomic mass is 19.4. The van der Waals surface area contributed by atoms with Gasteiger partial charge < -0.3 is 10.7 Å². The van der Waals surface area contributed by atoms with Crippen molar-refractivity contribution in [2.75, 3.05) is 0 Å². The number of aromatic amines is 1. The molecule has 1 heterocycles. The molecule has 7 heteroatoms. The molecule has 1 saturated carbocycles. The van der Waals surface area contributed by atoms with Gasteiger partial charge >= 0.3 is 11.9 Å². The SMILES string of the molecule is NC1(CCc2cnc(=O)[nH]c2C(F)(F)F)CC1. The van der Waals surface area contributed by atoms with Crippen LogP contribution in [0.4, 0.5) is 13.2 Å². The minimum absolute atomic E-state index is 0.00572. The van der Waals surface area contributed by atoms with E-state index in [1.54, 1.807) is 4.98 Å². The van der Waals surface area contributed by atoms with Crippen LogP contribution in [0.5, 0.6) is 0 Å². The lowest BCUT2D eigenvalue weighted by Gasteiger charge is -2.13. The van der Waals surface area contributed by atoms with Crippen LogP contribution in [0.2, 0.25) is 0 Å². The van der Waals surface area contributed by atoms with E-state index in [1.165, 1.54) is 0 Å². The van der Waals surface area contributed by atoms with E-state index in [9.17, 15) is 18.0 Å². The van der Waals surface area contributed by atoms with Crippen molar-refractivity contribution in [1.29, 1.82) is 0 Å². The fourth-order valence-electron chi connectivity index (χ4n) is 1.66. The number of aromatic nitrogens is 2. The fraction of sp³-hybridized carbons (Fsp3) is 0.600. The van der Waals surface area contributed by atoms with Gasteiger partial charge in [0.1, 0.15) is 5.69 Å². The van der Waals surface area contributed by atoms with E-state index < -0.39 is 17.6 Å². The molecule has 0 spiro atoms. The van der Waals surface area contributed by atoms with E-state index in [2.05, 4.69) is 4.98 Å². The number of hydrogen-bond acceptors (Lipinski definition) is 3. The summed E-state index contributed by atoms with van der Waals surface area (Å²) in [5.74, 6) is 0.